The maximum Gasteiger partial charge on any atom is 0.167 e. The molecular weight excluding hydrogens is 148 g/mol. The van der Waals surface area contributed by atoms with Crippen LogP contribution in [0.3, 0.4) is 0 Å². The van der Waals surface area contributed by atoms with Crippen LogP contribution in [-0.2, 0) is 4.79 Å². The molecular formula is C6H8N2OS. The first-order chi connectivity index (χ1) is 4.68. The second-order valence-electron chi connectivity index (χ2n) is 2.13. The molecule has 0 aromatic carbocycles. The molecule has 1 aliphatic rings. The van der Waals surface area contributed by atoms with Crippen molar-refractivity contribution in [3.05, 3.63) is 11.8 Å². The number of nitrogens with two attached hydrogens (primary N) is 1. The van der Waals surface area contributed by atoms with Gasteiger partial charge in [-0.15, -0.1) is 0 Å². The largest absolute Gasteiger partial charge is 0.376 e. The first-order valence-corrected chi connectivity index (χ1v) is 3.39. The molecule has 0 radical (unpaired) electrons. The summed E-state index contributed by atoms with van der Waals surface area (Å²) in [5.74, 6) is 0.138. The van der Waals surface area contributed by atoms with Gasteiger partial charge in [0.1, 0.15) is 0 Å². The molecule has 0 bridgehead atoms. The van der Waals surface area contributed by atoms with E-state index in [-0.39, 0.29) is 10.9 Å². The van der Waals surface area contributed by atoms with Crippen molar-refractivity contribution in [2.45, 2.75) is 12.8 Å². The maximum atomic E-state index is 10.6. The van der Waals surface area contributed by atoms with Crippen molar-refractivity contribution in [3.8, 4) is 0 Å². The third-order valence-corrected chi connectivity index (χ3v) is 1.36. The van der Waals surface area contributed by atoms with Crippen LogP contribution in [-0.4, -0.2) is 10.9 Å². The molecule has 0 heterocycles. The molecule has 0 unspecified atom stereocenters. The zero-order valence-electron chi connectivity index (χ0n) is 5.39. The lowest BCUT2D eigenvalue weighted by Gasteiger charge is -2.00. The van der Waals surface area contributed by atoms with Gasteiger partial charge in [0.2, 0.25) is 0 Å². The minimum atomic E-state index is 0.138. The highest BCUT2D eigenvalue weighted by Gasteiger charge is 2.11. The Morgan fingerprint density at radius 2 is 2.40 bits per heavy atom. The van der Waals surface area contributed by atoms with E-state index in [1.165, 1.54) is 0 Å². The number of allylic oxidation sites excluding steroid dienone is 2. The molecule has 3 nitrogen and oxygen atoms in total. The van der Waals surface area contributed by atoms with Crippen molar-refractivity contribution in [1.29, 1.82) is 0 Å². The van der Waals surface area contributed by atoms with Gasteiger partial charge in [0, 0.05) is 18.2 Å². The lowest BCUT2D eigenvalue weighted by atomic mass is 10.3. The van der Waals surface area contributed by atoms with Crippen LogP contribution in [0.2, 0.25) is 0 Å². The molecule has 54 valence electrons. The van der Waals surface area contributed by atoms with Crippen LogP contribution in [0.5, 0.6) is 0 Å². The molecule has 1 aliphatic carbocycles. The summed E-state index contributed by atoms with van der Waals surface area (Å²) in [6.07, 6.45) is 2.85. The molecule has 0 aliphatic heterocycles. The molecule has 0 aromatic rings. The molecule has 0 fully saturated rings. The van der Waals surface area contributed by atoms with E-state index in [0.717, 1.165) is 12.1 Å². The second-order valence-corrected chi connectivity index (χ2v) is 2.56. The Morgan fingerprint density at radius 3 is 2.80 bits per heavy atom. The topological polar surface area (TPSA) is 55.1 Å². The van der Waals surface area contributed by atoms with Crippen molar-refractivity contribution in [1.82, 2.24) is 5.32 Å². The average Bonchev–Trinajstić information content (AvgIpc) is 2.13. The lowest BCUT2D eigenvalue weighted by Crippen LogP contribution is -2.27. The van der Waals surface area contributed by atoms with Gasteiger partial charge in [0.15, 0.2) is 10.9 Å². The Balaban J connectivity index is 2.50. The van der Waals surface area contributed by atoms with Crippen LogP contribution in [0.25, 0.3) is 0 Å². The van der Waals surface area contributed by atoms with E-state index in [4.69, 9.17) is 5.73 Å². The Hall–Kier alpha value is -0.900. The fourth-order valence-corrected chi connectivity index (χ4v) is 0.984. The Labute approximate surface area is 64.3 Å². The number of rotatable bonds is 1. The summed E-state index contributed by atoms with van der Waals surface area (Å²) in [6.45, 7) is 0. The number of hydrogen-bond donors (Lipinski definition) is 2. The lowest BCUT2D eigenvalue weighted by molar-refractivity contribution is -0.114. The van der Waals surface area contributed by atoms with E-state index in [0.29, 0.717) is 6.42 Å². The van der Waals surface area contributed by atoms with Crippen molar-refractivity contribution in [3.63, 3.8) is 0 Å². The van der Waals surface area contributed by atoms with Gasteiger partial charge in [-0.3, -0.25) is 4.79 Å². The predicted molar refractivity (Wildman–Crippen MR) is 42.2 cm³/mol. The summed E-state index contributed by atoms with van der Waals surface area (Å²) in [5, 5.41) is 2.94. The van der Waals surface area contributed by atoms with Crippen LogP contribution in [0.15, 0.2) is 11.8 Å². The fourth-order valence-electron chi connectivity index (χ4n) is 0.853. The van der Waals surface area contributed by atoms with Gasteiger partial charge in [-0.05, 0) is 18.6 Å². The van der Waals surface area contributed by atoms with Crippen molar-refractivity contribution >= 4 is 23.1 Å². The SMILES string of the molecule is NC(=S)NC1=CC(=O)CC1. The van der Waals surface area contributed by atoms with Crippen LogP contribution in [0, 0.1) is 0 Å². The minimum Gasteiger partial charge on any atom is -0.376 e. The first-order valence-electron chi connectivity index (χ1n) is 2.98. The minimum absolute atomic E-state index is 0.138. The molecule has 0 spiro atoms. The molecule has 1 rings (SSSR count). The standard InChI is InChI=1S/C6H8N2OS/c7-6(10)8-4-1-2-5(9)3-4/h3H,1-2H2,(H3,7,8,10). The summed E-state index contributed by atoms with van der Waals surface area (Å²) in [4.78, 5) is 10.6. The smallest absolute Gasteiger partial charge is 0.167 e. The summed E-state index contributed by atoms with van der Waals surface area (Å²) >= 11 is 4.59. The van der Waals surface area contributed by atoms with E-state index < -0.39 is 0 Å². The molecule has 0 atom stereocenters. The molecule has 3 N–H and O–H groups in total. The van der Waals surface area contributed by atoms with Crippen molar-refractivity contribution < 1.29 is 4.79 Å². The van der Waals surface area contributed by atoms with E-state index in [1.54, 1.807) is 6.08 Å². The first kappa shape index (κ1) is 7.21. The van der Waals surface area contributed by atoms with Crippen molar-refractivity contribution in [2.24, 2.45) is 5.73 Å². The van der Waals surface area contributed by atoms with Gasteiger partial charge < -0.3 is 11.1 Å². The highest BCUT2D eigenvalue weighted by molar-refractivity contribution is 7.80. The van der Waals surface area contributed by atoms with Crippen LogP contribution >= 0.6 is 12.2 Å². The molecule has 10 heavy (non-hydrogen) atoms. The summed E-state index contributed by atoms with van der Waals surface area (Å²) in [5.41, 5.74) is 6.02. The number of hydrogen-bond acceptors (Lipinski definition) is 2. The van der Waals surface area contributed by atoms with Gasteiger partial charge in [0.25, 0.3) is 0 Å². The van der Waals surface area contributed by atoms with Crippen LogP contribution in [0.1, 0.15) is 12.8 Å². The van der Waals surface area contributed by atoms with Gasteiger partial charge in [-0.1, -0.05) is 0 Å². The number of ketones is 1. The number of thiocarbonyl (C=S) groups is 1. The summed E-state index contributed by atoms with van der Waals surface area (Å²) < 4.78 is 0. The van der Waals surface area contributed by atoms with Gasteiger partial charge in [-0.25, -0.2) is 0 Å². The molecule has 0 saturated heterocycles. The average molecular weight is 156 g/mol. The third kappa shape index (κ3) is 1.80. The van der Waals surface area contributed by atoms with Gasteiger partial charge in [0.05, 0.1) is 0 Å². The van der Waals surface area contributed by atoms with E-state index >= 15 is 0 Å². The predicted octanol–water partition coefficient (Wildman–Crippen LogP) is 0.0664. The molecule has 0 aromatic heterocycles. The number of carbonyl (C=O) groups excluding carboxylic acids is 1. The fraction of sp³-hybridized carbons (Fsp3) is 0.333. The normalized spacial score (nSPS) is 16.8. The Kier molecular flexibility index (Phi) is 2.01. The van der Waals surface area contributed by atoms with Crippen LogP contribution in [0.4, 0.5) is 0 Å². The number of carbonyl (C=O) groups is 1. The summed E-state index contributed by atoms with van der Waals surface area (Å²) in [6, 6.07) is 0. The second kappa shape index (κ2) is 2.79. The Morgan fingerprint density at radius 1 is 1.70 bits per heavy atom. The number of nitrogens with one attached hydrogen (secondary N) is 1. The summed E-state index contributed by atoms with van der Waals surface area (Å²) in [7, 11) is 0. The van der Waals surface area contributed by atoms with E-state index in [9.17, 15) is 4.79 Å². The molecule has 0 saturated carbocycles. The zero-order valence-corrected chi connectivity index (χ0v) is 6.20. The third-order valence-electron chi connectivity index (χ3n) is 1.26. The van der Waals surface area contributed by atoms with Gasteiger partial charge in [-0.2, -0.15) is 0 Å². The highest BCUT2D eigenvalue weighted by Crippen LogP contribution is 2.10. The molecule has 0 amide bonds. The molecule has 4 heteroatoms. The monoisotopic (exact) mass is 156 g/mol. The van der Waals surface area contributed by atoms with Gasteiger partial charge >= 0.3 is 0 Å². The van der Waals surface area contributed by atoms with Crippen LogP contribution < -0.4 is 11.1 Å². The van der Waals surface area contributed by atoms with Crippen molar-refractivity contribution in [2.75, 3.05) is 0 Å². The quantitative estimate of drug-likeness (QED) is 0.527. The highest BCUT2D eigenvalue weighted by atomic mass is 32.1. The van der Waals surface area contributed by atoms with E-state index in [1.807, 2.05) is 0 Å². The Bertz CT molecular complexity index is 210. The zero-order chi connectivity index (χ0) is 7.56. The van der Waals surface area contributed by atoms with E-state index in [2.05, 4.69) is 17.5 Å². The maximum absolute atomic E-state index is 10.6.